The van der Waals surface area contributed by atoms with Gasteiger partial charge in [0.2, 0.25) is 5.91 Å². The lowest BCUT2D eigenvalue weighted by molar-refractivity contribution is -0.149. The zero-order valence-corrected chi connectivity index (χ0v) is 20.2. The van der Waals surface area contributed by atoms with Crippen LogP contribution in [0, 0.1) is 17.8 Å². The summed E-state index contributed by atoms with van der Waals surface area (Å²) in [6.07, 6.45) is 6.43. The predicted molar refractivity (Wildman–Crippen MR) is 128 cm³/mol. The number of amides is 2. The summed E-state index contributed by atoms with van der Waals surface area (Å²) in [6.45, 7) is 2.56. The highest BCUT2D eigenvalue weighted by Crippen LogP contribution is 2.34. The van der Waals surface area contributed by atoms with E-state index < -0.39 is 0 Å². The van der Waals surface area contributed by atoms with Crippen molar-refractivity contribution in [2.24, 2.45) is 17.8 Å². The van der Waals surface area contributed by atoms with Gasteiger partial charge in [0, 0.05) is 17.6 Å². The quantitative estimate of drug-likeness (QED) is 0.507. The van der Waals surface area contributed by atoms with Crippen LogP contribution in [0.25, 0.3) is 0 Å². The second-order valence-corrected chi connectivity index (χ2v) is 10.0. The van der Waals surface area contributed by atoms with Crippen molar-refractivity contribution in [2.75, 3.05) is 7.11 Å². The van der Waals surface area contributed by atoms with Gasteiger partial charge in [-0.15, -0.1) is 0 Å². The lowest BCUT2D eigenvalue weighted by Gasteiger charge is -2.43. The lowest BCUT2D eigenvalue weighted by atomic mass is 9.76. The fourth-order valence-electron chi connectivity index (χ4n) is 5.42. The summed E-state index contributed by atoms with van der Waals surface area (Å²) in [5, 5.41) is 6.84. The van der Waals surface area contributed by atoms with Crippen molar-refractivity contribution in [1.29, 1.82) is 0 Å². The molecule has 4 rings (SSSR count). The van der Waals surface area contributed by atoms with E-state index in [9.17, 15) is 14.4 Å². The van der Waals surface area contributed by atoms with E-state index in [0.717, 1.165) is 24.8 Å². The van der Waals surface area contributed by atoms with Gasteiger partial charge in [-0.2, -0.15) is 0 Å². The third kappa shape index (κ3) is 5.21. The van der Waals surface area contributed by atoms with Crippen LogP contribution in [0.5, 0.6) is 0 Å². The van der Waals surface area contributed by atoms with E-state index in [2.05, 4.69) is 17.6 Å². The highest BCUT2D eigenvalue weighted by atomic mass is 32.1. The Balaban J connectivity index is 1.36. The highest BCUT2D eigenvalue weighted by Gasteiger charge is 2.44. The van der Waals surface area contributed by atoms with E-state index in [1.807, 2.05) is 24.3 Å². The van der Waals surface area contributed by atoms with Crippen LogP contribution in [0.4, 0.5) is 0 Å². The lowest BCUT2D eigenvalue weighted by Crippen LogP contribution is -2.61. The number of ether oxygens (including phenoxy) is 1. The number of hydrogen-bond acceptors (Lipinski definition) is 5. The third-order valence-electron chi connectivity index (χ3n) is 7.51. The van der Waals surface area contributed by atoms with Gasteiger partial charge in [0.1, 0.15) is 0 Å². The number of carbonyl (C=O) groups is 3. The number of carbonyl (C=O) groups excluding carboxylic acids is 3. The maximum Gasteiger partial charge on any atom is 0.308 e. The molecule has 0 spiro atoms. The summed E-state index contributed by atoms with van der Waals surface area (Å²) in [5.41, 5.74) is 1.54. The molecule has 33 heavy (non-hydrogen) atoms. The SMILES string of the molecule is COC(=O)C1CCC2C(=O)N(Cc3ccc(C(=O)NC4CCCCC4C)cc3)C(=S)NC2C1. The number of nitrogens with zero attached hydrogens (tertiary/aromatic N) is 1. The van der Waals surface area contributed by atoms with Gasteiger partial charge in [-0.05, 0) is 67.9 Å². The molecule has 3 fully saturated rings. The molecule has 3 aliphatic rings. The zero-order valence-electron chi connectivity index (χ0n) is 19.3. The topological polar surface area (TPSA) is 87.7 Å². The molecule has 0 radical (unpaired) electrons. The van der Waals surface area contributed by atoms with Crippen LogP contribution in [-0.2, 0) is 20.9 Å². The molecule has 2 N–H and O–H groups in total. The average Bonchev–Trinajstić information content (AvgIpc) is 2.82. The molecule has 5 unspecified atom stereocenters. The van der Waals surface area contributed by atoms with Crippen molar-refractivity contribution in [3.63, 3.8) is 0 Å². The second-order valence-electron chi connectivity index (χ2n) is 9.66. The third-order valence-corrected chi connectivity index (χ3v) is 7.85. The summed E-state index contributed by atoms with van der Waals surface area (Å²) in [5.74, 6) is -0.150. The summed E-state index contributed by atoms with van der Waals surface area (Å²) < 4.78 is 4.87. The van der Waals surface area contributed by atoms with Crippen molar-refractivity contribution < 1.29 is 19.1 Å². The second kappa shape index (κ2) is 10.2. The first-order chi connectivity index (χ1) is 15.9. The number of hydrogen-bond donors (Lipinski definition) is 2. The Morgan fingerprint density at radius 1 is 1.15 bits per heavy atom. The molecule has 5 atom stereocenters. The standard InChI is InChI=1S/C25H33N3O4S/c1-15-5-3-4-6-20(15)26-22(29)17-9-7-16(8-10-17)14-28-23(30)19-12-11-18(24(31)32-2)13-21(19)27-25(28)33/h7-10,15,18-21H,3-6,11-14H2,1-2H3,(H,26,29)(H,27,33). The fraction of sp³-hybridized carbons (Fsp3) is 0.600. The first kappa shape index (κ1) is 23.7. The van der Waals surface area contributed by atoms with E-state index in [0.29, 0.717) is 42.4 Å². The Bertz CT molecular complexity index is 919. The molecule has 1 aliphatic heterocycles. The van der Waals surface area contributed by atoms with Gasteiger partial charge < -0.3 is 15.4 Å². The first-order valence-electron chi connectivity index (χ1n) is 12.0. The molecule has 7 nitrogen and oxygen atoms in total. The molecule has 1 heterocycles. The molecule has 0 aromatic heterocycles. The minimum Gasteiger partial charge on any atom is -0.469 e. The Hall–Kier alpha value is -2.48. The van der Waals surface area contributed by atoms with Crippen LogP contribution in [-0.4, -0.2) is 47.0 Å². The minimum absolute atomic E-state index is 0.000159. The van der Waals surface area contributed by atoms with Gasteiger partial charge in [0.15, 0.2) is 5.11 Å². The molecule has 8 heteroatoms. The highest BCUT2D eigenvalue weighted by molar-refractivity contribution is 7.80. The predicted octanol–water partition coefficient (Wildman–Crippen LogP) is 3.17. The van der Waals surface area contributed by atoms with Crippen molar-refractivity contribution in [2.45, 2.75) is 70.5 Å². The number of esters is 1. The number of methoxy groups -OCH3 is 1. The van der Waals surface area contributed by atoms with Crippen molar-refractivity contribution in [1.82, 2.24) is 15.5 Å². The van der Waals surface area contributed by atoms with Gasteiger partial charge >= 0.3 is 5.97 Å². The van der Waals surface area contributed by atoms with E-state index in [1.165, 1.54) is 13.5 Å². The Morgan fingerprint density at radius 2 is 1.88 bits per heavy atom. The van der Waals surface area contributed by atoms with Gasteiger partial charge in [0.05, 0.1) is 25.5 Å². The smallest absolute Gasteiger partial charge is 0.308 e. The first-order valence-corrected chi connectivity index (χ1v) is 12.4. The normalized spacial score (nSPS) is 29.6. The van der Waals surface area contributed by atoms with Crippen LogP contribution in [0.1, 0.15) is 67.8 Å². The number of fused-ring (bicyclic) bond motifs is 1. The van der Waals surface area contributed by atoms with Gasteiger partial charge in [-0.25, -0.2) is 0 Å². The van der Waals surface area contributed by atoms with E-state index in [-0.39, 0.29) is 41.7 Å². The number of thiocarbonyl (C=S) groups is 1. The number of rotatable bonds is 5. The van der Waals surface area contributed by atoms with Crippen molar-refractivity contribution in [3.05, 3.63) is 35.4 Å². The average molecular weight is 472 g/mol. The monoisotopic (exact) mass is 471 g/mol. The maximum absolute atomic E-state index is 13.2. The molecule has 178 valence electrons. The van der Waals surface area contributed by atoms with Crippen molar-refractivity contribution in [3.8, 4) is 0 Å². The largest absolute Gasteiger partial charge is 0.469 e. The van der Waals surface area contributed by atoms with E-state index in [4.69, 9.17) is 17.0 Å². The minimum atomic E-state index is -0.224. The Kier molecular flexibility index (Phi) is 7.32. The summed E-state index contributed by atoms with van der Waals surface area (Å²) >= 11 is 5.49. The fourth-order valence-corrected chi connectivity index (χ4v) is 5.73. The van der Waals surface area contributed by atoms with E-state index in [1.54, 1.807) is 4.90 Å². The van der Waals surface area contributed by atoms with Gasteiger partial charge in [-0.1, -0.05) is 31.9 Å². The molecule has 1 saturated heterocycles. The van der Waals surface area contributed by atoms with Crippen molar-refractivity contribution >= 4 is 35.1 Å². The molecule has 2 amide bonds. The molecule has 1 aromatic carbocycles. The molecule has 2 saturated carbocycles. The number of benzene rings is 1. The van der Waals surface area contributed by atoms with Gasteiger partial charge in [0.25, 0.3) is 5.91 Å². The van der Waals surface area contributed by atoms with Crippen LogP contribution in [0.3, 0.4) is 0 Å². The molecule has 2 aliphatic carbocycles. The molecule has 1 aromatic rings. The zero-order chi connectivity index (χ0) is 23.5. The molecular weight excluding hydrogens is 438 g/mol. The number of nitrogens with one attached hydrogen (secondary N) is 2. The summed E-state index contributed by atoms with van der Waals surface area (Å²) in [6, 6.07) is 7.50. The molecular formula is C25H33N3O4S. The van der Waals surface area contributed by atoms with E-state index >= 15 is 0 Å². The Labute approximate surface area is 200 Å². The molecule has 0 bridgehead atoms. The van der Waals surface area contributed by atoms with Crippen LogP contribution in [0.15, 0.2) is 24.3 Å². The van der Waals surface area contributed by atoms with Crippen LogP contribution in [0.2, 0.25) is 0 Å². The summed E-state index contributed by atoms with van der Waals surface area (Å²) in [7, 11) is 1.39. The van der Waals surface area contributed by atoms with Crippen LogP contribution < -0.4 is 10.6 Å². The Morgan fingerprint density at radius 3 is 2.58 bits per heavy atom. The van der Waals surface area contributed by atoms with Crippen LogP contribution >= 0.6 is 12.2 Å². The maximum atomic E-state index is 13.2. The summed E-state index contributed by atoms with van der Waals surface area (Å²) in [4.78, 5) is 39.4. The van der Waals surface area contributed by atoms with Gasteiger partial charge in [-0.3, -0.25) is 19.3 Å².